The van der Waals surface area contributed by atoms with Crippen molar-refractivity contribution in [1.82, 2.24) is 5.32 Å². The van der Waals surface area contributed by atoms with E-state index < -0.39 is 0 Å². The number of benzene rings is 1. The van der Waals surface area contributed by atoms with E-state index in [2.05, 4.69) is 5.32 Å². The summed E-state index contributed by atoms with van der Waals surface area (Å²) in [5.41, 5.74) is 0.668. The molecule has 0 bridgehead atoms. The fourth-order valence-corrected chi connectivity index (χ4v) is 1.68. The third kappa shape index (κ3) is 7.99. The van der Waals surface area contributed by atoms with Crippen molar-refractivity contribution in [2.24, 2.45) is 0 Å². The highest BCUT2D eigenvalue weighted by Gasteiger charge is 2.10. The molecule has 0 aliphatic rings. The maximum absolute atomic E-state index is 13.9. The summed E-state index contributed by atoms with van der Waals surface area (Å²) < 4.78 is 29.7. The Kier molecular flexibility index (Phi) is 7.64. The maximum atomic E-state index is 13.9. The molecule has 1 aromatic carbocycles. The van der Waals surface area contributed by atoms with Crippen LogP contribution in [-0.2, 0) is 16.0 Å². The molecule has 0 aliphatic heterocycles. The van der Waals surface area contributed by atoms with Crippen LogP contribution in [0.5, 0.6) is 5.75 Å². The molecule has 0 aromatic heterocycles. The molecule has 1 N–H and O–H groups in total. The summed E-state index contributed by atoms with van der Waals surface area (Å²) in [5.74, 6) is -0.0926. The first-order chi connectivity index (χ1) is 9.92. The van der Waals surface area contributed by atoms with E-state index in [9.17, 15) is 4.39 Å². The van der Waals surface area contributed by atoms with Gasteiger partial charge >= 0.3 is 0 Å². The standard InChI is InChI=1S/C16H26FNO3/c1-16(2,3)21-10-9-20-15-6-5-13(11-14(15)17)12-18-7-8-19-4/h5-6,11,18H,7-10,12H2,1-4H3. The summed E-state index contributed by atoms with van der Waals surface area (Å²) in [6, 6.07) is 4.99. The van der Waals surface area contributed by atoms with Crippen LogP contribution < -0.4 is 10.1 Å². The summed E-state index contributed by atoms with van der Waals surface area (Å²) in [4.78, 5) is 0. The zero-order valence-corrected chi connectivity index (χ0v) is 13.4. The molecular formula is C16H26FNO3. The van der Waals surface area contributed by atoms with E-state index in [1.165, 1.54) is 6.07 Å². The van der Waals surface area contributed by atoms with Gasteiger partial charge in [0.15, 0.2) is 11.6 Å². The Morgan fingerprint density at radius 1 is 1.14 bits per heavy atom. The third-order valence-electron chi connectivity index (χ3n) is 2.68. The third-order valence-corrected chi connectivity index (χ3v) is 2.68. The van der Waals surface area contributed by atoms with E-state index in [1.54, 1.807) is 13.2 Å². The van der Waals surface area contributed by atoms with Crippen LogP contribution in [0.4, 0.5) is 4.39 Å². The zero-order valence-electron chi connectivity index (χ0n) is 13.4. The molecule has 21 heavy (non-hydrogen) atoms. The van der Waals surface area contributed by atoms with E-state index in [1.807, 2.05) is 26.8 Å². The van der Waals surface area contributed by atoms with Gasteiger partial charge in [-0.15, -0.1) is 0 Å². The second-order valence-electron chi connectivity index (χ2n) is 5.74. The predicted molar refractivity (Wildman–Crippen MR) is 81.2 cm³/mol. The van der Waals surface area contributed by atoms with Gasteiger partial charge in [0.05, 0.1) is 18.8 Å². The number of hydrogen-bond donors (Lipinski definition) is 1. The van der Waals surface area contributed by atoms with Crippen molar-refractivity contribution >= 4 is 0 Å². The van der Waals surface area contributed by atoms with Crippen LogP contribution in [0.3, 0.4) is 0 Å². The summed E-state index contributed by atoms with van der Waals surface area (Å²) in [7, 11) is 1.65. The minimum Gasteiger partial charge on any atom is -0.488 e. The van der Waals surface area contributed by atoms with E-state index in [0.717, 1.165) is 12.1 Å². The molecule has 4 nitrogen and oxygen atoms in total. The molecule has 1 aromatic rings. The Hall–Kier alpha value is -1.17. The van der Waals surface area contributed by atoms with Crippen LogP contribution >= 0.6 is 0 Å². The summed E-state index contributed by atoms with van der Waals surface area (Å²) in [6.45, 7) is 8.66. The first-order valence-corrected chi connectivity index (χ1v) is 7.17. The SMILES string of the molecule is COCCNCc1ccc(OCCOC(C)(C)C)c(F)c1. The fourth-order valence-electron chi connectivity index (χ4n) is 1.68. The van der Waals surface area contributed by atoms with Crippen molar-refractivity contribution in [3.05, 3.63) is 29.6 Å². The number of rotatable bonds is 9. The number of methoxy groups -OCH3 is 1. The minimum atomic E-state index is -0.350. The monoisotopic (exact) mass is 299 g/mol. The Balaban J connectivity index is 2.36. The molecular weight excluding hydrogens is 273 g/mol. The quantitative estimate of drug-likeness (QED) is 0.712. The van der Waals surface area contributed by atoms with Gasteiger partial charge in [0.2, 0.25) is 0 Å². The lowest BCUT2D eigenvalue weighted by Gasteiger charge is -2.19. The van der Waals surface area contributed by atoms with Gasteiger partial charge < -0.3 is 19.5 Å². The molecule has 0 saturated carbocycles. The van der Waals surface area contributed by atoms with Crippen molar-refractivity contribution in [3.63, 3.8) is 0 Å². The van der Waals surface area contributed by atoms with Gasteiger partial charge in [-0.2, -0.15) is 0 Å². The minimum absolute atomic E-state index is 0.209. The lowest BCUT2D eigenvalue weighted by Crippen LogP contribution is -2.22. The molecule has 0 spiro atoms. The molecule has 0 heterocycles. The molecule has 0 fully saturated rings. The van der Waals surface area contributed by atoms with Gasteiger partial charge in [-0.1, -0.05) is 6.07 Å². The van der Waals surface area contributed by atoms with Crippen molar-refractivity contribution in [1.29, 1.82) is 0 Å². The van der Waals surface area contributed by atoms with E-state index >= 15 is 0 Å². The average Bonchev–Trinajstić information content (AvgIpc) is 2.40. The molecule has 5 heteroatoms. The van der Waals surface area contributed by atoms with Gasteiger partial charge in [-0.25, -0.2) is 4.39 Å². The van der Waals surface area contributed by atoms with Crippen LogP contribution in [-0.4, -0.2) is 39.1 Å². The Morgan fingerprint density at radius 2 is 1.90 bits per heavy atom. The Labute approximate surface area is 126 Å². The molecule has 1 rings (SSSR count). The largest absolute Gasteiger partial charge is 0.488 e. The van der Waals surface area contributed by atoms with Crippen molar-refractivity contribution in [2.45, 2.75) is 32.9 Å². The number of ether oxygens (including phenoxy) is 3. The highest BCUT2D eigenvalue weighted by molar-refractivity contribution is 5.29. The average molecular weight is 299 g/mol. The van der Waals surface area contributed by atoms with Gasteiger partial charge in [-0.05, 0) is 38.5 Å². The van der Waals surface area contributed by atoms with Crippen LogP contribution in [0, 0.1) is 5.82 Å². The lowest BCUT2D eigenvalue weighted by molar-refractivity contribution is -0.0166. The van der Waals surface area contributed by atoms with Crippen LogP contribution in [0.2, 0.25) is 0 Å². The highest BCUT2D eigenvalue weighted by Crippen LogP contribution is 2.18. The second-order valence-corrected chi connectivity index (χ2v) is 5.74. The number of hydrogen-bond acceptors (Lipinski definition) is 4. The molecule has 0 amide bonds. The zero-order chi connectivity index (χ0) is 15.7. The van der Waals surface area contributed by atoms with Crippen molar-refractivity contribution in [3.8, 4) is 5.75 Å². The molecule has 0 saturated heterocycles. The van der Waals surface area contributed by atoms with Crippen molar-refractivity contribution in [2.75, 3.05) is 33.5 Å². The van der Waals surface area contributed by atoms with Crippen molar-refractivity contribution < 1.29 is 18.6 Å². The molecule has 0 atom stereocenters. The van der Waals surface area contributed by atoms with E-state index in [0.29, 0.717) is 26.4 Å². The first kappa shape index (κ1) is 17.9. The van der Waals surface area contributed by atoms with Gasteiger partial charge in [-0.3, -0.25) is 0 Å². The summed E-state index contributed by atoms with van der Waals surface area (Å²) >= 11 is 0. The van der Waals surface area contributed by atoms with Crippen LogP contribution in [0.15, 0.2) is 18.2 Å². The number of nitrogens with one attached hydrogen (secondary N) is 1. The fraction of sp³-hybridized carbons (Fsp3) is 0.625. The predicted octanol–water partition coefficient (Wildman–Crippen LogP) is 2.76. The highest BCUT2D eigenvalue weighted by atomic mass is 19.1. The van der Waals surface area contributed by atoms with Crippen LogP contribution in [0.25, 0.3) is 0 Å². The van der Waals surface area contributed by atoms with Gasteiger partial charge in [0, 0.05) is 20.2 Å². The Morgan fingerprint density at radius 3 is 2.52 bits per heavy atom. The topological polar surface area (TPSA) is 39.7 Å². The van der Waals surface area contributed by atoms with Crippen LogP contribution in [0.1, 0.15) is 26.3 Å². The molecule has 0 aliphatic carbocycles. The Bertz CT molecular complexity index is 418. The van der Waals surface area contributed by atoms with E-state index in [-0.39, 0.29) is 17.2 Å². The number of halogens is 1. The normalized spacial score (nSPS) is 11.7. The van der Waals surface area contributed by atoms with Gasteiger partial charge in [0.1, 0.15) is 6.61 Å². The molecule has 120 valence electrons. The maximum Gasteiger partial charge on any atom is 0.165 e. The lowest BCUT2D eigenvalue weighted by atomic mass is 10.2. The molecule has 0 radical (unpaired) electrons. The molecule has 0 unspecified atom stereocenters. The second kappa shape index (κ2) is 8.97. The summed E-state index contributed by atoms with van der Waals surface area (Å²) in [5, 5.41) is 3.17. The van der Waals surface area contributed by atoms with Gasteiger partial charge in [0.25, 0.3) is 0 Å². The smallest absolute Gasteiger partial charge is 0.165 e. The van der Waals surface area contributed by atoms with E-state index in [4.69, 9.17) is 14.2 Å². The summed E-state index contributed by atoms with van der Waals surface area (Å²) in [6.07, 6.45) is 0. The first-order valence-electron chi connectivity index (χ1n) is 7.17.